The summed E-state index contributed by atoms with van der Waals surface area (Å²) in [7, 11) is 0. The highest BCUT2D eigenvalue weighted by Crippen LogP contribution is 2.21. The van der Waals surface area contributed by atoms with Crippen molar-refractivity contribution in [3.63, 3.8) is 0 Å². The van der Waals surface area contributed by atoms with Crippen LogP contribution in [-0.4, -0.2) is 17.8 Å². The number of nitriles is 1. The molecule has 1 N–H and O–H groups in total. The van der Waals surface area contributed by atoms with Crippen LogP contribution in [0.2, 0.25) is 0 Å². The molecule has 0 spiro atoms. The van der Waals surface area contributed by atoms with Gasteiger partial charge in [0.1, 0.15) is 0 Å². The molecule has 18 heavy (non-hydrogen) atoms. The second kappa shape index (κ2) is 5.61. The van der Waals surface area contributed by atoms with Crippen molar-refractivity contribution in [3.05, 3.63) is 29.8 Å². The Hall–Kier alpha value is -1.93. The Morgan fingerprint density at radius 2 is 2.44 bits per heavy atom. The van der Waals surface area contributed by atoms with Crippen LogP contribution in [0, 0.1) is 17.2 Å². The zero-order valence-electron chi connectivity index (χ0n) is 9.80. The minimum absolute atomic E-state index is 0.00883. The molecule has 0 bridgehead atoms. The van der Waals surface area contributed by atoms with E-state index < -0.39 is 0 Å². The average Bonchev–Trinajstić information content (AvgIpc) is 2.38. The van der Waals surface area contributed by atoms with Crippen molar-refractivity contribution in [2.45, 2.75) is 12.8 Å². The van der Waals surface area contributed by atoms with Crippen LogP contribution >= 0.6 is 12.2 Å². The van der Waals surface area contributed by atoms with Gasteiger partial charge in [-0.25, -0.2) is 0 Å². The molecule has 1 saturated heterocycles. The van der Waals surface area contributed by atoms with Crippen LogP contribution in [0.15, 0.2) is 24.3 Å². The summed E-state index contributed by atoms with van der Waals surface area (Å²) in [5.74, 6) is 0.229. The van der Waals surface area contributed by atoms with Gasteiger partial charge in [0.05, 0.1) is 17.3 Å². The maximum Gasteiger partial charge on any atom is 0.238 e. The highest BCUT2D eigenvalue weighted by molar-refractivity contribution is 7.78. The summed E-state index contributed by atoms with van der Waals surface area (Å²) in [5, 5.41) is 12.3. The van der Waals surface area contributed by atoms with Crippen molar-refractivity contribution in [1.29, 1.82) is 5.26 Å². The second-order valence-electron chi connectivity index (χ2n) is 4.28. The quantitative estimate of drug-likeness (QED) is 0.841. The maximum absolute atomic E-state index is 11.6. The molecule has 1 aliphatic rings. The minimum Gasteiger partial charge on any atom is -0.285 e. The Bertz CT molecular complexity index is 509. The molecular weight excluding hydrogens is 246 g/mol. The lowest BCUT2D eigenvalue weighted by atomic mass is 10.00. The van der Waals surface area contributed by atoms with E-state index in [1.165, 1.54) is 0 Å². The second-order valence-corrected chi connectivity index (χ2v) is 4.61. The van der Waals surface area contributed by atoms with Crippen molar-refractivity contribution in [2.24, 2.45) is 5.92 Å². The number of anilines is 1. The normalized spacial score (nSPS) is 18.9. The topological polar surface area (TPSA) is 56.1 Å². The average molecular weight is 259 g/mol. The Balaban J connectivity index is 2.18. The van der Waals surface area contributed by atoms with Gasteiger partial charge in [-0.05, 0) is 35.9 Å². The third-order valence-corrected chi connectivity index (χ3v) is 3.08. The Morgan fingerprint density at radius 1 is 1.61 bits per heavy atom. The lowest BCUT2D eigenvalue weighted by Gasteiger charge is -2.33. The van der Waals surface area contributed by atoms with Crippen molar-refractivity contribution >= 4 is 29.2 Å². The lowest BCUT2D eigenvalue weighted by molar-refractivity contribution is -0.123. The summed E-state index contributed by atoms with van der Waals surface area (Å²) >= 11 is 4.85. The van der Waals surface area contributed by atoms with E-state index in [9.17, 15) is 4.79 Å². The summed E-state index contributed by atoms with van der Waals surface area (Å²) in [6.07, 6.45) is 1.25. The van der Waals surface area contributed by atoms with E-state index in [2.05, 4.69) is 11.5 Å². The first-order valence-electron chi connectivity index (χ1n) is 5.73. The van der Waals surface area contributed by atoms with Crippen LogP contribution in [0.3, 0.4) is 0 Å². The fourth-order valence-corrected chi connectivity index (χ4v) is 2.31. The summed E-state index contributed by atoms with van der Waals surface area (Å²) in [6.45, 7) is 0.716. The van der Waals surface area contributed by atoms with E-state index in [0.717, 1.165) is 12.1 Å². The number of rotatable bonds is 3. The molecular formula is C13H13N3OS. The van der Waals surface area contributed by atoms with Crippen molar-refractivity contribution < 1.29 is 4.79 Å². The standard InChI is InChI=1S/C13H13N3OS/c14-8-10-2-1-3-12(6-10)16-9-11(4-5-18)7-13(17)15-16/h1-3,5-6,11H,4,7,9H2,(H,15,17). The zero-order chi connectivity index (χ0) is 13.0. The molecule has 0 saturated carbocycles. The van der Waals surface area contributed by atoms with E-state index in [4.69, 9.17) is 17.5 Å². The van der Waals surface area contributed by atoms with Gasteiger partial charge in [-0.2, -0.15) is 5.26 Å². The first-order valence-corrected chi connectivity index (χ1v) is 6.21. The summed E-state index contributed by atoms with van der Waals surface area (Å²) < 4.78 is 0. The van der Waals surface area contributed by atoms with E-state index >= 15 is 0 Å². The molecule has 5 heteroatoms. The molecule has 1 aromatic rings. The molecule has 92 valence electrons. The fourth-order valence-electron chi connectivity index (χ4n) is 2.03. The smallest absolute Gasteiger partial charge is 0.238 e. The molecule has 0 aromatic heterocycles. The van der Waals surface area contributed by atoms with Crippen LogP contribution in [0.5, 0.6) is 0 Å². The summed E-state index contributed by atoms with van der Waals surface area (Å²) in [6, 6.07) is 9.28. The van der Waals surface area contributed by atoms with Crippen LogP contribution in [0.1, 0.15) is 18.4 Å². The predicted octanol–water partition coefficient (Wildman–Crippen LogP) is 1.81. The SMILES string of the molecule is N#Cc1cccc(N2CC(CC=S)CC(=O)N2)c1. The molecule has 1 unspecified atom stereocenters. The van der Waals surface area contributed by atoms with E-state index in [1.807, 2.05) is 12.1 Å². The molecule has 1 heterocycles. The number of hydrogen-bond donors (Lipinski definition) is 1. The largest absolute Gasteiger partial charge is 0.285 e. The number of carbonyl (C=O) groups is 1. The molecule has 1 amide bonds. The molecule has 1 atom stereocenters. The Labute approximate surface area is 111 Å². The number of thiocarbonyl (C=S) groups is 1. The monoisotopic (exact) mass is 259 g/mol. The number of nitrogens with zero attached hydrogens (tertiary/aromatic N) is 2. The van der Waals surface area contributed by atoms with Gasteiger partial charge < -0.3 is 0 Å². The molecule has 1 fully saturated rings. The first-order chi connectivity index (χ1) is 8.72. The molecule has 1 aliphatic heterocycles. The van der Waals surface area contributed by atoms with Gasteiger partial charge in [0.15, 0.2) is 0 Å². The van der Waals surface area contributed by atoms with Gasteiger partial charge in [0, 0.05) is 13.0 Å². The molecule has 4 nitrogen and oxygen atoms in total. The van der Waals surface area contributed by atoms with Gasteiger partial charge in [-0.15, -0.1) is 0 Å². The number of benzene rings is 1. The van der Waals surface area contributed by atoms with E-state index in [1.54, 1.807) is 22.5 Å². The molecule has 0 radical (unpaired) electrons. The van der Waals surface area contributed by atoms with Crippen LogP contribution in [0.25, 0.3) is 0 Å². The van der Waals surface area contributed by atoms with Gasteiger partial charge >= 0.3 is 0 Å². The number of nitrogens with one attached hydrogen (secondary N) is 1. The third kappa shape index (κ3) is 2.84. The minimum atomic E-state index is -0.00883. The number of amides is 1. The Morgan fingerprint density at radius 3 is 3.17 bits per heavy atom. The summed E-state index contributed by atoms with van der Waals surface area (Å²) in [5.41, 5.74) is 4.22. The molecule has 2 rings (SSSR count). The van der Waals surface area contributed by atoms with Crippen molar-refractivity contribution in [2.75, 3.05) is 11.6 Å². The highest BCUT2D eigenvalue weighted by atomic mass is 32.1. The molecule has 0 aliphatic carbocycles. The predicted molar refractivity (Wildman–Crippen MR) is 73.0 cm³/mol. The first kappa shape index (κ1) is 12.5. The van der Waals surface area contributed by atoms with Gasteiger partial charge in [-0.3, -0.25) is 15.2 Å². The van der Waals surface area contributed by atoms with Gasteiger partial charge in [0.25, 0.3) is 0 Å². The fraction of sp³-hybridized carbons (Fsp3) is 0.308. The van der Waals surface area contributed by atoms with Gasteiger partial charge in [-0.1, -0.05) is 18.3 Å². The summed E-state index contributed by atoms with van der Waals surface area (Å²) in [4.78, 5) is 11.6. The van der Waals surface area contributed by atoms with Crippen LogP contribution in [0.4, 0.5) is 5.69 Å². The lowest BCUT2D eigenvalue weighted by Crippen LogP contribution is -2.50. The van der Waals surface area contributed by atoms with Gasteiger partial charge in [0.2, 0.25) is 5.91 Å². The third-order valence-electron chi connectivity index (χ3n) is 2.89. The van der Waals surface area contributed by atoms with Crippen molar-refractivity contribution in [1.82, 2.24) is 5.43 Å². The number of hydrogen-bond acceptors (Lipinski definition) is 4. The van der Waals surface area contributed by atoms with Crippen LogP contribution < -0.4 is 10.4 Å². The highest BCUT2D eigenvalue weighted by Gasteiger charge is 2.24. The van der Waals surface area contributed by atoms with Crippen molar-refractivity contribution in [3.8, 4) is 6.07 Å². The number of hydrazine groups is 1. The number of carbonyl (C=O) groups excluding carboxylic acids is 1. The molecule has 1 aromatic carbocycles. The van der Waals surface area contributed by atoms with Crippen LogP contribution in [-0.2, 0) is 4.79 Å². The van der Waals surface area contributed by atoms with E-state index in [-0.39, 0.29) is 11.8 Å². The zero-order valence-corrected chi connectivity index (χ0v) is 10.6. The Kier molecular flexibility index (Phi) is 3.90. The maximum atomic E-state index is 11.6. The van der Waals surface area contributed by atoms with E-state index in [0.29, 0.717) is 18.5 Å².